The molecule has 0 unspecified atom stereocenters. The van der Waals surface area contributed by atoms with Crippen LogP contribution in [0.1, 0.15) is 58.3 Å². The number of nitrogens with zero attached hydrogens (tertiary/aromatic N) is 1. The second-order valence-electron chi connectivity index (χ2n) is 6.43. The van der Waals surface area contributed by atoms with Gasteiger partial charge >= 0.3 is 0 Å². The van der Waals surface area contributed by atoms with E-state index in [4.69, 9.17) is 0 Å². The maximum atomic E-state index is 12.3. The summed E-state index contributed by atoms with van der Waals surface area (Å²) in [6, 6.07) is 0.941. The van der Waals surface area contributed by atoms with Gasteiger partial charge in [-0.15, -0.1) is 0 Å². The molecule has 4 heteroatoms. The van der Waals surface area contributed by atoms with E-state index < -0.39 is 0 Å². The van der Waals surface area contributed by atoms with E-state index in [2.05, 4.69) is 23.4 Å². The van der Waals surface area contributed by atoms with E-state index in [0.29, 0.717) is 24.4 Å². The zero-order chi connectivity index (χ0) is 14.4. The maximum Gasteiger partial charge on any atom is 0.224 e. The fourth-order valence-corrected chi connectivity index (χ4v) is 4.27. The van der Waals surface area contributed by atoms with Crippen LogP contribution in [0, 0.1) is 0 Å². The van der Waals surface area contributed by atoms with Crippen LogP contribution in [-0.2, 0) is 4.79 Å². The molecule has 2 aliphatic rings. The standard InChI is InChI=1S/C16H30N2OS/c1-13(17-14-7-8-15(12-14)20-2)11-16(19)18-9-5-3-4-6-10-18/h13-15,17H,3-12H2,1-2H3/t13-,14+,15+/m0/s1. The Morgan fingerprint density at radius 2 is 1.95 bits per heavy atom. The van der Waals surface area contributed by atoms with Crippen molar-refractivity contribution in [3.63, 3.8) is 0 Å². The summed E-state index contributed by atoms with van der Waals surface area (Å²) >= 11 is 1.99. The Morgan fingerprint density at radius 1 is 1.25 bits per heavy atom. The number of amides is 1. The minimum absolute atomic E-state index is 0.316. The van der Waals surface area contributed by atoms with E-state index in [1.165, 1.54) is 44.9 Å². The first-order chi connectivity index (χ1) is 9.69. The van der Waals surface area contributed by atoms with Crippen molar-refractivity contribution >= 4 is 17.7 Å². The number of hydrogen-bond donors (Lipinski definition) is 1. The summed E-state index contributed by atoms with van der Waals surface area (Å²) in [5.74, 6) is 0.353. The molecule has 1 N–H and O–H groups in total. The Labute approximate surface area is 128 Å². The fraction of sp³-hybridized carbons (Fsp3) is 0.938. The van der Waals surface area contributed by atoms with Crippen molar-refractivity contribution in [2.45, 2.75) is 75.6 Å². The van der Waals surface area contributed by atoms with Gasteiger partial charge in [0.2, 0.25) is 5.91 Å². The minimum atomic E-state index is 0.316. The molecule has 0 spiro atoms. The lowest BCUT2D eigenvalue weighted by Crippen LogP contribution is -2.40. The first-order valence-electron chi connectivity index (χ1n) is 8.25. The van der Waals surface area contributed by atoms with Gasteiger partial charge in [-0.25, -0.2) is 0 Å². The summed E-state index contributed by atoms with van der Waals surface area (Å²) in [5, 5.41) is 4.49. The number of carbonyl (C=O) groups is 1. The molecule has 116 valence electrons. The largest absolute Gasteiger partial charge is 0.343 e. The number of nitrogens with one attached hydrogen (secondary N) is 1. The normalized spacial score (nSPS) is 29.2. The van der Waals surface area contributed by atoms with Crippen LogP contribution in [0.25, 0.3) is 0 Å². The second-order valence-corrected chi connectivity index (χ2v) is 7.57. The van der Waals surface area contributed by atoms with Gasteiger partial charge in [0.25, 0.3) is 0 Å². The first kappa shape index (κ1) is 16.2. The van der Waals surface area contributed by atoms with Gasteiger partial charge in [-0.05, 0) is 45.3 Å². The van der Waals surface area contributed by atoms with Crippen molar-refractivity contribution in [3.05, 3.63) is 0 Å². The van der Waals surface area contributed by atoms with Crippen LogP contribution in [-0.4, -0.2) is 47.5 Å². The van der Waals surface area contributed by atoms with E-state index in [-0.39, 0.29) is 0 Å². The molecular formula is C16H30N2OS. The van der Waals surface area contributed by atoms with Gasteiger partial charge in [0.1, 0.15) is 0 Å². The number of rotatable bonds is 5. The van der Waals surface area contributed by atoms with Crippen LogP contribution in [0.5, 0.6) is 0 Å². The molecule has 3 atom stereocenters. The lowest BCUT2D eigenvalue weighted by Gasteiger charge is -2.24. The highest BCUT2D eigenvalue weighted by Gasteiger charge is 2.26. The summed E-state index contributed by atoms with van der Waals surface area (Å²) < 4.78 is 0. The molecule has 0 radical (unpaired) electrons. The Morgan fingerprint density at radius 3 is 2.55 bits per heavy atom. The van der Waals surface area contributed by atoms with Gasteiger partial charge < -0.3 is 10.2 Å². The third-order valence-electron chi connectivity index (χ3n) is 4.68. The maximum absolute atomic E-state index is 12.3. The zero-order valence-corrected chi connectivity index (χ0v) is 13.9. The van der Waals surface area contributed by atoms with Gasteiger partial charge in [0, 0.05) is 36.8 Å². The Kier molecular flexibility index (Phi) is 6.69. The molecule has 1 heterocycles. The van der Waals surface area contributed by atoms with Crippen molar-refractivity contribution in [1.82, 2.24) is 10.2 Å². The number of thioether (sulfide) groups is 1. The summed E-state index contributed by atoms with van der Waals surface area (Å²) in [6.07, 6.45) is 11.7. The molecule has 0 bridgehead atoms. The zero-order valence-electron chi connectivity index (χ0n) is 13.1. The molecule has 3 nitrogen and oxygen atoms in total. The number of hydrogen-bond acceptors (Lipinski definition) is 3. The van der Waals surface area contributed by atoms with Crippen molar-refractivity contribution in [3.8, 4) is 0 Å². The highest BCUT2D eigenvalue weighted by atomic mass is 32.2. The van der Waals surface area contributed by atoms with Crippen LogP contribution >= 0.6 is 11.8 Å². The SMILES string of the molecule is CS[C@@H]1CC[C@@H](N[C@@H](C)CC(=O)N2CCCCCC2)C1. The van der Waals surface area contributed by atoms with Crippen LogP contribution in [0.3, 0.4) is 0 Å². The van der Waals surface area contributed by atoms with Gasteiger partial charge in [0.05, 0.1) is 0 Å². The second kappa shape index (κ2) is 8.28. The van der Waals surface area contributed by atoms with Crippen LogP contribution in [0.4, 0.5) is 0 Å². The molecule has 1 saturated heterocycles. The molecule has 1 aliphatic heterocycles. The average Bonchev–Trinajstić information content (AvgIpc) is 2.71. The lowest BCUT2D eigenvalue weighted by molar-refractivity contribution is -0.131. The minimum Gasteiger partial charge on any atom is -0.343 e. The quantitative estimate of drug-likeness (QED) is 0.847. The van der Waals surface area contributed by atoms with Crippen molar-refractivity contribution in [1.29, 1.82) is 0 Å². The summed E-state index contributed by atoms with van der Waals surface area (Å²) in [7, 11) is 0. The van der Waals surface area contributed by atoms with E-state index in [9.17, 15) is 4.79 Å². The van der Waals surface area contributed by atoms with Gasteiger partial charge in [-0.1, -0.05) is 12.8 Å². The molecule has 2 fully saturated rings. The van der Waals surface area contributed by atoms with Gasteiger partial charge in [-0.2, -0.15) is 11.8 Å². The van der Waals surface area contributed by atoms with E-state index in [1.807, 2.05) is 11.8 Å². The molecule has 0 aromatic heterocycles. The van der Waals surface area contributed by atoms with Crippen molar-refractivity contribution in [2.24, 2.45) is 0 Å². The topological polar surface area (TPSA) is 32.3 Å². The third kappa shape index (κ3) is 4.96. The predicted molar refractivity (Wildman–Crippen MR) is 87.2 cm³/mol. The molecule has 1 amide bonds. The predicted octanol–water partition coefficient (Wildman–Crippen LogP) is 3.04. The molecule has 0 aromatic rings. The number of likely N-dealkylation sites (tertiary alicyclic amines) is 1. The van der Waals surface area contributed by atoms with E-state index in [0.717, 1.165) is 18.3 Å². The highest BCUT2D eigenvalue weighted by molar-refractivity contribution is 7.99. The monoisotopic (exact) mass is 298 g/mol. The lowest BCUT2D eigenvalue weighted by atomic mass is 10.1. The highest BCUT2D eigenvalue weighted by Crippen LogP contribution is 2.28. The molecule has 0 aromatic carbocycles. The number of carbonyl (C=O) groups excluding carboxylic acids is 1. The van der Waals surface area contributed by atoms with Crippen LogP contribution < -0.4 is 5.32 Å². The summed E-state index contributed by atoms with van der Waals surface area (Å²) in [5.41, 5.74) is 0. The molecule has 1 saturated carbocycles. The molecule has 1 aliphatic carbocycles. The van der Waals surface area contributed by atoms with Gasteiger partial charge in [0.15, 0.2) is 0 Å². The van der Waals surface area contributed by atoms with Crippen LogP contribution in [0.2, 0.25) is 0 Å². The Bertz CT molecular complexity index is 303. The smallest absolute Gasteiger partial charge is 0.224 e. The molecular weight excluding hydrogens is 268 g/mol. The first-order valence-corrected chi connectivity index (χ1v) is 9.54. The Balaban J connectivity index is 1.70. The third-order valence-corrected chi connectivity index (χ3v) is 5.77. The summed E-state index contributed by atoms with van der Waals surface area (Å²) in [4.78, 5) is 14.4. The molecule has 2 rings (SSSR count). The van der Waals surface area contributed by atoms with Gasteiger partial charge in [-0.3, -0.25) is 4.79 Å². The van der Waals surface area contributed by atoms with E-state index in [1.54, 1.807) is 0 Å². The summed E-state index contributed by atoms with van der Waals surface area (Å²) in [6.45, 7) is 4.12. The molecule has 20 heavy (non-hydrogen) atoms. The van der Waals surface area contributed by atoms with Crippen molar-refractivity contribution in [2.75, 3.05) is 19.3 Å². The van der Waals surface area contributed by atoms with Crippen LogP contribution in [0.15, 0.2) is 0 Å². The average molecular weight is 298 g/mol. The van der Waals surface area contributed by atoms with Crippen molar-refractivity contribution < 1.29 is 4.79 Å². The van der Waals surface area contributed by atoms with E-state index >= 15 is 0 Å². The Hall–Kier alpha value is -0.220. The fourth-order valence-electron chi connectivity index (χ4n) is 3.48.